The van der Waals surface area contributed by atoms with Gasteiger partial charge in [-0.25, -0.2) is 0 Å². The minimum Gasteiger partial charge on any atom is -0.395 e. The van der Waals surface area contributed by atoms with Gasteiger partial charge in [-0.15, -0.1) is 0 Å². The van der Waals surface area contributed by atoms with Crippen molar-refractivity contribution in [2.75, 3.05) is 31.1 Å². The number of nitrogens with one attached hydrogen (secondary N) is 1. The van der Waals surface area contributed by atoms with Crippen LogP contribution >= 0.6 is 0 Å². The van der Waals surface area contributed by atoms with E-state index in [1.807, 2.05) is 0 Å². The van der Waals surface area contributed by atoms with Crippen LogP contribution in [0.2, 0.25) is 0 Å². The summed E-state index contributed by atoms with van der Waals surface area (Å²) in [6.45, 7) is 10.5. The first-order valence-electron chi connectivity index (χ1n) is 7.89. The zero-order valence-corrected chi connectivity index (χ0v) is 13.3. The van der Waals surface area contributed by atoms with Crippen LogP contribution in [0.4, 0.5) is 5.69 Å². The topological polar surface area (TPSA) is 35.5 Å². The number of nitrogens with zero attached hydrogens (tertiary/aromatic N) is 1. The molecule has 0 atom stereocenters. The van der Waals surface area contributed by atoms with E-state index in [0.29, 0.717) is 6.54 Å². The van der Waals surface area contributed by atoms with Gasteiger partial charge in [0.15, 0.2) is 0 Å². The second-order valence-corrected chi connectivity index (χ2v) is 5.35. The molecule has 0 heterocycles. The van der Waals surface area contributed by atoms with Crippen molar-refractivity contribution in [2.45, 2.75) is 46.6 Å². The molecule has 0 saturated heterocycles. The third-order valence-corrected chi connectivity index (χ3v) is 3.59. The van der Waals surface area contributed by atoms with E-state index in [9.17, 15) is 5.11 Å². The first kappa shape index (κ1) is 17.0. The fourth-order valence-corrected chi connectivity index (χ4v) is 2.31. The predicted molar refractivity (Wildman–Crippen MR) is 87.4 cm³/mol. The van der Waals surface area contributed by atoms with Crippen molar-refractivity contribution in [3.8, 4) is 0 Å². The smallest absolute Gasteiger partial charge is 0.0606 e. The number of hydrogen-bond acceptors (Lipinski definition) is 3. The average Bonchev–Trinajstić information content (AvgIpc) is 2.45. The van der Waals surface area contributed by atoms with Crippen molar-refractivity contribution >= 4 is 5.69 Å². The van der Waals surface area contributed by atoms with E-state index in [4.69, 9.17) is 0 Å². The monoisotopic (exact) mass is 278 g/mol. The fourth-order valence-electron chi connectivity index (χ4n) is 2.31. The van der Waals surface area contributed by atoms with Crippen molar-refractivity contribution in [2.24, 2.45) is 0 Å². The second-order valence-electron chi connectivity index (χ2n) is 5.35. The average molecular weight is 278 g/mol. The molecule has 0 spiro atoms. The molecule has 0 unspecified atom stereocenters. The number of aryl methyl sites for hydroxylation is 1. The number of benzene rings is 1. The van der Waals surface area contributed by atoms with Gasteiger partial charge in [-0.2, -0.15) is 0 Å². The SMILES string of the molecule is CCCCN(CCO)c1ccc(CNCCC)c(C)c1. The van der Waals surface area contributed by atoms with Gasteiger partial charge in [-0.05, 0) is 49.6 Å². The van der Waals surface area contributed by atoms with Gasteiger partial charge in [-0.1, -0.05) is 26.3 Å². The summed E-state index contributed by atoms with van der Waals surface area (Å²) < 4.78 is 0. The molecule has 3 nitrogen and oxygen atoms in total. The van der Waals surface area contributed by atoms with E-state index in [1.165, 1.54) is 36.1 Å². The Labute approximate surface area is 124 Å². The zero-order valence-electron chi connectivity index (χ0n) is 13.3. The lowest BCUT2D eigenvalue weighted by Gasteiger charge is -2.25. The van der Waals surface area contributed by atoms with Crippen molar-refractivity contribution in [3.63, 3.8) is 0 Å². The van der Waals surface area contributed by atoms with Crippen LogP contribution in [0.5, 0.6) is 0 Å². The normalized spacial score (nSPS) is 10.8. The van der Waals surface area contributed by atoms with Crippen LogP contribution in [-0.4, -0.2) is 31.3 Å². The summed E-state index contributed by atoms with van der Waals surface area (Å²) in [4.78, 5) is 2.28. The first-order valence-corrected chi connectivity index (χ1v) is 7.89. The predicted octanol–water partition coefficient (Wildman–Crippen LogP) is 3.09. The Morgan fingerprint density at radius 1 is 1.15 bits per heavy atom. The summed E-state index contributed by atoms with van der Waals surface area (Å²) in [6, 6.07) is 6.64. The maximum Gasteiger partial charge on any atom is 0.0606 e. The van der Waals surface area contributed by atoms with Crippen molar-refractivity contribution in [3.05, 3.63) is 29.3 Å². The number of aliphatic hydroxyl groups excluding tert-OH is 1. The Bertz CT molecular complexity index is 379. The molecule has 20 heavy (non-hydrogen) atoms. The Hall–Kier alpha value is -1.06. The summed E-state index contributed by atoms with van der Waals surface area (Å²) in [5, 5.41) is 12.7. The van der Waals surface area contributed by atoms with E-state index < -0.39 is 0 Å². The molecular formula is C17H30N2O. The zero-order chi connectivity index (χ0) is 14.8. The first-order chi connectivity index (χ1) is 9.72. The van der Waals surface area contributed by atoms with Crippen LogP contribution in [-0.2, 0) is 6.54 Å². The number of anilines is 1. The molecule has 114 valence electrons. The standard InChI is InChI=1S/C17H30N2O/c1-4-6-10-19(11-12-20)17-8-7-16(15(3)13-17)14-18-9-5-2/h7-8,13,18,20H,4-6,9-12,14H2,1-3H3. The molecule has 0 amide bonds. The van der Waals surface area contributed by atoms with Gasteiger partial charge in [0.2, 0.25) is 0 Å². The fraction of sp³-hybridized carbons (Fsp3) is 0.647. The van der Waals surface area contributed by atoms with Gasteiger partial charge in [-0.3, -0.25) is 0 Å². The molecule has 0 aliphatic heterocycles. The van der Waals surface area contributed by atoms with E-state index >= 15 is 0 Å². The summed E-state index contributed by atoms with van der Waals surface area (Å²) in [5.74, 6) is 0. The van der Waals surface area contributed by atoms with E-state index in [0.717, 1.165) is 19.6 Å². The molecule has 0 saturated carbocycles. The summed E-state index contributed by atoms with van der Waals surface area (Å²) >= 11 is 0. The van der Waals surface area contributed by atoms with Crippen LogP contribution in [0.25, 0.3) is 0 Å². The number of hydrogen-bond donors (Lipinski definition) is 2. The lowest BCUT2D eigenvalue weighted by molar-refractivity contribution is 0.301. The summed E-state index contributed by atoms with van der Waals surface area (Å²) in [5.41, 5.74) is 3.91. The summed E-state index contributed by atoms with van der Waals surface area (Å²) in [7, 11) is 0. The maximum atomic E-state index is 9.21. The molecule has 2 N–H and O–H groups in total. The van der Waals surface area contributed by atoms with E-state index in [2.05, 4.69) is 49.2 Å². The Morgan fingerprint density at radius 3 is 2.55 bits per heavy atom. The molecule has 3 heteroatoms. The van der Waals surface area contributed by atoms with Crippen LogP contribution in [0.15, 0.2) is 18.2 Å². The van der Waals surface area contributed by atoms with Crippen LogP contribution < -0.4 is 10.2 Å². The number of rotatable bonds is 10. The largest absolute Gasteiger partial charge is 0.395 e. The van der Waals surface area contributed by atoms with Gasteiger partial charge in [0, 0.05) is 25.3 Å². The van der Waals surface area contributed by atoms with Crippen LogP contribution in [0.1, 0.15) is 44.2 Å². The maximum absolute atomic E-state index is 9.21. The summed E-state index contributed by atoms with van der Waals surface area (Å²) in [6.07, 6.45) is 3.51. The molecule has 0 bridgehead atoms. The highest BCUT2D eigenvalue weighted by atomic mass is 16.3. The molecular weight excluding hydrogens is 248 g/mol. The molecule has 0 fully saturated rings. The van der Waals surface area contributed by atoms with Crippen molar-refractivity contribution in [1.82, 2.24) is 5.32 Å². The third-order valence-electron chi connectivity index (χ3n) is 3.59. The number of aliphatic hydroxyl groups is 1. The Kier molecular flexibility index (Phi) is 8.31. The quantitative estimate of drug-likeness (QED) is 0.646. The van der Waals surface area contributed by atoms with Crippen molar-refractivity contribution in [1.29, 1.82) is 0 Å². The molecule has 0 aliphatic rings. The molecule has 1 aromatic carbocycles. The third kappa shape index (κ3) is 5.51. The van der Waals surface area contributed by atoms with E-state index in [1.54, 1.807) is 0 Å². The minimum absolute atomic E-state index is 0.211. The Balaban J connectivity index is 2.71. The molecule has 0 radical (unpaired) electrons. The van der Waals surface area contributed by atoms with Gasteiger partial charge in [0.05, 0.1) is 6.61 Å². The number of unbranched alkanes of at least 4 members (excludes halogenated alkanes) is 1. The second kappa shape index (κ2) is 9.78. The van der Waals surface area contributed by atoms with Gasteiger partial charge in [0.25, 0.3) is 0 Å². The Morgan fingerprint density at radius 2 is 1.95 bits per heavy atom. The molecule has 1 rings (SSSR count). The lowest BCUT2D eigenvalue weighted by atomic mass is 10.1. The molecule has 0 aliphatic carbocycles. The molecule has 0 aromatic heterocycles. The van der Waals surface area contributed by atoms with Crippen LogP contribution in [0.3, 0.4) is 0 Å². The lowest BCUT2D eigenvalue weighted by Crippen LogP contribution is -2.27. The van der Waals surface area contributed by atoms with Gasteiger partial charge >= 0.3 is 0 Å². The highest BCUT2D eigenvalue weighted by molar-refractivity contribution is 5.50. The minimum atomic E-state index is 0.211. The highest BCUT2D eigenvalue weighted by Gasteiger charge is 2.07. The van der Waals surface area contributed by atoms with Crippen LogP contribution in [0, 0.1) is 6.92 Å². The highest BCUT2D eigenvalue weighted by Crippen LogP contribution is 2.19. The van der Waals surface area contributed by atoms with E-state index in [-0.39, 0.29) is 6.61 Å². The van der Waals surface area contributed by atoms with Gasteiger partial charge in [0.1, 0.15) is 0 Å². The van der Waals surface area contributed by atoms with Gasteiger partial charge < -0.3 is 15.3 Å². The van der Waals surface area contributed by atoms with Crippen molar-refractivity contribution < 1.29 is 5.11 Å². The molecule has 1 aromatic rings.